The molecular weight excluding hydrogens is 457 g/mol. The van der Waals surface area contributed by atoms with E-state index in [0.717, 1.165) is 5.57 Å². The van der Waals surface area contributed by atoms with Crippen LogP contribution in [0.2, 0.25) is 52.9 Å². The Morgan fingerprint density at radius 3 is 0.971 bits per heavy atom. The molecule has 0 aromatic rings. The van der Waals surface area contributed by atoms with E-state index in [-0.39, 0.29) is 0 Å². The van der Waals surface area contributed by atoms with Crippen LogP contribution in [0.15, 0.2) is 11.1 Å². The predicted octanol–water partition coefficient (Wildman–Crippen LogP) is 9.24. The summed E-state index contributed by atoms with van der Waals surface area (Å²) in [5, 5.41) is 0. The molecule has 0 aliphatic carbocycles. The topological polar surface area (TPSA) is 0 Å². The minimum atomic E-state index is -1.90. The Balaban J connectivity index is 7.35. The average Bonchev–Trinajstić information content (AvgIpc) is 2.66. The van der Waals surface area contributed by atoms with Crippen molar-refractivity contribution in [2.45, 2.75) is 136 Å². The Morgan fingerprint density at radius 1 is 0.471 bits per heavy atom. The van der Waals surface area contributed by atoms with Crippen molar-refractivity contribution in [3.8, 4) is 46.7 Å². The Morgan fingerprint density at radius 2 is 0.735 bits per heavy atom. The van der Waals surface area contributed by atoms with Crippen LogP contribution in [0, 0.1) is 46.7 Å². The average molecular weight is 509 g/mol. The summed E-state index contributed by atoms with van der Waals surface area (Å²) in [6.45, 7) is 34.8. The van der Waals surface area contributed by atoms with Crippen LogP contribution in [-0.4, -0.2) is 24.2 Å². The summed E-state index contributed by atoms with van der Waals surface area (Å²) >= 11 is 0. The molecule has 0 N–H and O–H groups in total. The van der Waals surface area contributed by atoms with E-state index in [1.54, 1.807) is 0 Å². The minimum absolute atomic E-state index is 0.560. The van der Waals surface area contributed by atoms with Gasteiger partial charge in [-0.2, -0.15) is 0 Å². The smallest absolute Gasteiger partial charge is 0.126 e. The zero-order valence-electron chi connectivity index (χ0n) is 25.0. The van der Waals surface area contributed by atoms with Crippen LogP contribution in [0.3, 0.4) is 0 Å². The number of terminal acetylenes is 1. The molecule has 34 heavy (non-hydrogen) atoms. The van der Waals surface area contributed by atoms with Gasteiger partial charge in [0.2, 0.25) is 0 Å². The Labute approximate surface area is 217 Å². The highest BCUT2D eigenvalue weighted by Gasteiger charge is 2.42. The van der Waals surface area contributed by atoms with Crippen LogP contribution in [-0.2, 0) is 0 Å². The molecular formula is C31H52Si3. The maximum atomic E-state index is 6.08. The van der Waals surface area contributed by atoms with Crippen LogP contribution in [0.4, 0.5) is 0 Å². The second-order valence-corrected chi connectivity index (χ2v) is 28.6. The molecule has 0 unspecified atom stereocenters. The summed E-state index contributed by atoms with van der Waals surface area (Å²) in [4.78, 5) is 0. The first-order valence-corrected chi connectivity index (χ1v) is 21.2. The van der Waals surface area contributed by atoms with Crippen LogP contribution in [0.1, 0.15) is 83.1 Å². The van der Waals surface area contributed by atoms with Gasteiger partial charge in [-0.25, -0.2) is 0 Å². The molecule has 0 amide bonds. The lowest BCUT2D eigenvalue weighted by Gasteiger charge is -2.38. The largest absolute Gasteiger partial charge is 0.146 e. The third kappa shape index (κ3) is 7.82. The molecule has 0 radical (unpaired) electrons. The maximum absolute atomic E-state index is 6.08. The molecule has 0 spiro atoms. The second-order valence-electron chi connectivity index (χ2n) is 12.7. The molecule has 0 aromatic heterocycles. The van der Waals surface area contributed by atoms with E-state index < -0.39 is 24.2 Å². The van der Waals surface area contributed by atoms with E-state index in [4.69, 9.17) is 6.42 Å². The van der Waals surface area contributed by atoms with Gasteiger partial charge in [0, 0.05) is 0 Å². The molecule has 188 valence electrons. The van der Waals surface area contributed by atoms with Gasteiger partial charge in [0.25, 0.3) is 0 Å². The highest BCUT2D eigenvalue weighted by Crippen LogP contribution is 2.42. The fourth-order valence-electron chi connectivity index (χ4n) is 5.78. The van der Waals surface area contributed by atoms with Gasteiger partial charge in [-0.15, -0.1) is 23.1 Å². The van der Waals surface area contributed by atoms with Crippen LogP contribution in [0.5, 0.6) is 0 Å². The first kappa shape index (κ1) is 32.6. The van der Waals surface area contributed by atoms with Gasteiger partial charge in [-0.1, -0.05) is 126 Å². The Bertz CT molecular complexity index is 897. The molecule has 0 saturated heterocycles. The number of allylic oxidation sites excluding steroid dienone is 2. The lowest BCUT2D eigenvalue weighted by molar-refractivity contribution is 0.838. The molecule has 0 fully saturated rings. The van der Waals surface area contributed by atoms with Crippen LogP contribution in [0.25, 0.3) is 0 Å². The third-order valence-corrected chi connectivity index (χ3v) is 21.0. The quantitative estimate of drug-likeness (QED) is 0.248. The number of rotatable bonds is 6. The molecule has 0 aliphatic rings. The summed E-state index contributed by atoms with van der Waals surface area (Å²) in [7, 11) is -5.38. The number of hydrogen-bond acceptors (Lipinski definition) is 0. The Kier molecular flexibility index (Phi) is 12.6. The highest BCUT2D eigenvalue weighted by atomic mass is 28.3. The molecule has 0 saturated carbocycles. The van der Waals surface area contributed by atoms with Crippen molar-refractivity contribution in [3.63, 3.8) is 0 Å². The zero-order chi connectivity index (χ0) is 27.1. The number of hydrogen-bond donors (Lipinski definition) is 0. The summed E-state index contributed by atoms with van der Waals surface area (Å²) in [6.07, 6.45) is 6.08. The second kappa shape index (κ2) is 13.1. The van der Waals surface area contributed by atoms with Crippen molar-refractivity contribution in [3.05, 3.63) is 11.1 Å². The van der Waals surface area contributed by atoms with Crippen molar-refractivity contribution in [2.24, 2.45) is 0 Å². The zero-order valence-corrected chi connectivity index (χ0v) is 28.0. The van der Waals surface area contributed by atoms with E-state index in [1.165, 1.54) is 0 Å². The molecule has 0 rings (SSSR count). The maximum Gasteiger partial charge on any atom is 0.146 e. The van der Waals surface area contributed by atoms with E-state index in [2.05, 4.69) is 143 Å². The summed E-state index contributed by atoms with van der Waals surface area (Å²) in [5.74, 6) is 13.4. The molecule has 0 aliphatic heterocycles. The van der Waals surface area contributed by atoms with Crippen LogP contribution < -0.4 is 0 Å². The van der Waals surface area contributed by atoms with Crippen LogP contribution >= 0.6 is 0 Å². The molecule has 0 bridgehead atoms. The SMILES string of the molecule is C#C/C(C#C[Si](C(C)C)(C(C)C)C(C)C)=C(/C#C[Si](C)(C)C)C#C[Si](C(C)C)(C(C)C)C(C)C. The van der Waals surface area contributed by atoms with Crippen molar-refractivity contribution in [1.29, 1.82) is 0 Å². The third-order valence-electron chi connectivity index (χ3n) is 7.50. The van der Waals surface area contributed by atoms with Gasteiger partial charge in [0.05, 0.1) is 11.1 Å². The van der Waals surface area contributed by atoms with Gasteiger partial charge in [0.15, 0.2) is 0 Å². The fraction of sp³-hybridized carbons (Fsp3) is 0.677. The lowest BCUT2D eigenvalue weighted by Crippen LogP contribution is -2.43. The van der Waals surface area contributed by atoms with Crippen molar-refractivity contribution in [2.75, 3.05) is 0 Å². The van der Waals surface area contributed by atoms with Crippen molar-refractivity contribution in [1.82, 2.24) is 0 Å². The molecule has 0 nitrogen and oxygen atoms in total. The highest BCUT2D eigenvalue weighted by molar-refractivity contribution is 6.91. The molecule has 0 heterocycles. The predicted molar refractivity (Wildman–Crippen MR) is 165 cm³/mol. The first-order valence-electron chi connectivity index (χ1n) is 13.2. The lowest BCUT2D eigenvalue weighted by atomic mass is 10.1. The normalized spacial score (nSPS) is 13.3. The monoisotopic (exact) mass is 508 g/mol. The van der Waals surface area contributed by atoms with Gasteiger partial charge in [-0.05, 0) is 33.2 Å². The van der Waals surface area contributed by atoms with E-state index in [0.29, 0.717) is 38.8 Å². The fourth-order valence-corrected chi connectivity index (χ4v) is 16.7. The van der Waals surface area contributed by atoms with E-state index in [9.17, 15) is 0 Å². The van der Waals surface area contributed by atoms with Gasteiger partial charge in [-0.3, -0.25) is 0 Å². The molecule has 3 heteroatoms. The summed E-state index contributed by atoms with van der Waals surface area (Å²) in [5.41, 5.74) is 16.0. The minimum Gasteiger partial charge on any atom is -0.126 e. The van der Waals surface area contributed by atoms with E-state index >= 15 is 0 Å². The standard InChI is InChI=1S/C31H52Si3/c1-17-30(19-22-33(24(2)3,25(4)5)26(6)7)31(18-21-32(14,15)16)20-23-34(27(8)9,28(10)11)29(12)13/h1,24-29H,2-16H3/b31-30+. The van der Waals surface area contributed by atoms with E-state index in [1.807, 2.05) is 0 Å². The Hall–Kier alpha value is -1.37. The molecule has 0 aromatic carbocycles. The van der Waals surface area contributed by atoms with Gasteiger partial charge >= 0.3 is 0 Å². The summed E-state index contributed by atoms with van der Waals surface area (Å²) < 4.78 is 0. The van der Waals surface area contributed by atoms with Gasteiger partial charge < -0.3 is 0 Å². The van der Waals surface area contributed by atoms with Crippen molar-refractivity contribution >= 4 is 24.2 Å². The summed E-state index contributed by atoms with van der Waals surface area (Å²) in [6, 6.07) is 0. The molecule has 0 atom stereocenters. The first-order chi connectivity index (χ1) is 15.4. The van der Waals surface area contributed by atoms with Crippen molar-refractivity contribution < 1.29 is 0 Å². The van der Waals surface area contributed by atoms with Gasteiger partial charge in [0.1, 0.15) is 24.2 Å².